The van der Waals surface area contributed by atoms with E-state index in [-0.39, 0.29) is 0 Å². The van der Waals surface area contributed by atoms with E-state index >= 15 is 0 Å². The Bertz CT molecular complexity index is 738. The summed E-state index contributed by atoms with van der Waals surface area (Å²) in [4.78, 5) is 4.88. The van der Waals surface area contributed by atoms with Crippen molar-refractivity contribution in [2.24, 2.45) is 0 Å². The number of fused-ring (bicyclic) bond motifs is 1. The fourth-order valence-electron chi connectivity index (χ4n) is 2.82. The van der Waals surface area contributed by atoms with Gasteiger partial charge < -0.3 is 9.72 Å². The highest BCUT2D eigenvalue weighted by Crippen LogP contribution is 2.31. The van der Waals surface area contributed by atoms with Crippen LogP contribution < -0.4 is 4.74 Å². The topological polar surface area (TPSA) is 25.0 Å². The molecular formula is C20H27NOS. The van der Waals surface area contributed by atoms with Crippen LogP contribution in [-0.4, -0.2) is 12.1 Å². The van der Waals surface area contributed by atoms with Crippen LogP contribution in [0.15, 0.2) is 35.7 Å². The quantitative estimate of drug-likeness (QED) is 0.584. The van der Waals surface area contributed by atoms with Crippen LogP contribution in [0.1, 0.15) is 55.7 Å². The zero-order valence-corrected chi connectivity index (χ0v) is 15.8. The Morgan fingerprint density at radius 3 is 2.26 bits per heavy atom. The summed E-state index contributed by atoms with van der Waals surface area (Å²) >= 11 is 1.83. The number of thiophene rings is 1. The predicted molar refractivity (Wildman–Crippen MR) is 102 cm³/mol. The third-order valence-electron chi connectivity index (χ3n) is 3.93. The number of benzene rings is 1. The summed E-state index contributed by atoms with van der Waals surface area (Å²) in [6, 6.07) is 10.4. The van der Waals surface area contributed by atoms with Gasteiger partial charge in [0.2, 0.25) is 0 Å². The van der Waals surface area contributed by atoms with Gasteiger partial charge in [-0.1, -0.05) is 33.8 Å². The third kappa shape index (κ3) is 4.17. The molecule has 3 heteroatoms. The number of ether oxygens (including phenoxy) is 1. The van der Waals surface area contributed by atoms with E-state index in [1.807, 2.05) is 17.4 Å². The standard InChI is InChI=1S/C13H17NO.C7H10S/c1-8(2)13-9(3)14-12-6-5-10(15-4)7-11(12)13;1-6(2)7-4-3-5-8-7/h5-8,14H,1-4H3;3-6H,1-2H3. The highest BCUT2D eigenvalue weighted by atomic mass is 32.1. The minimum atomic E-state index is 0.533. The van der Waals surface area contributed by atoms with Crippen molar-refractivity contribution in [2.45, 2.75) is 46.5 Å². The molecule has 23 heavy (non-hydrogen) atoms. The number of aromatic amines is 1. The van der Waals surface area contributed by atoms with Crippen LogP contribution in [0, 0.1) is 6.92 Å². The number of rotatable bonds is 3. The third-order valence-corrected chi connectivity index (χ3v) is 5.11. The van der Waals surface area contributed by atoms with Gasteiger partial charge in [-0.05, 0) is 54.0 Å². The molecule has 0 radical (unpaired) electrons. The van der Waals surface area contributed by atoms with Gasteiger partial charge in [0.1, 0.15) is 5.75 Å². The second-order valence-corrected chi connectivity index (χ2v) is 7.38. The SMILES string of the molecule is CC(C)c1cccs1.COc1ccc2[nH]c(C)c(C(C)C)c2c1. The molecule has 1 N–H and O–H groups in total. The molecule has 0 aliphatic rings. The normalized spacial score (nSPS) is 11.0. The lowest BCUT2D eigenvalue weighted by molar-refractivity contribution is 0.415. The zero-order valence-electron chi connectivity index (χ0n) is 14.9. The molecule has 124 valence electrons. The maximum absolute atomic E-state index is 5.25. The molecule has 3 rings (SSSR count). The first-order valence-electron chi connectivity index (χ1n) is 8.13. The first kappa shape index (κ1) is 17.6. The fourth-order valence-corrected chi connectivity index (χ4v) is 3.56. The molecular weight excluding hydrogens is 302 g/mol. The van der Waals surface area contributed by atoms with Crippen molar-refractivity contribution in [1.82, 2.24) is 4.98 Å². The molecule has 0 saturated heterocycles. The molecule has 0 bridgehead atoms. The highest BCUT2D eigenvalue weighted by Gasteiger charge is 2.11. The molecule has 2 heterocycles. The number of hydrogen-bond donors (Lipinski definition) is 1. The van der Waals surface area contributed by atoms with E-state index in [4.69, 9.17) is 4.74 Å². The van der Waals surface area contributed by atoms with Crippen molar-refractivity contribution in [3.8, 4) is 5.75 Å². The molecule has 0 saturated carbocycles. The number of nitrogens with one attached hydrogen (secondary N) is 1. The molecule has 0 aliphatic heterocycles. The number of aryl methyl sites for hydroxylation is 1. The monoisotopic (exact) mass is 329 g/mol. The molecule has 0 aliphatic carbocycles. The predicted octanol–water partition coefficient (Wildman–Crippen LogP) is 6.48. The maximum Gasteiger partial charge on any atom is 0.119 e. The number of aromatic nitrogens is 1. The Morgan fingerprint density at radius 2 is 1.78 bits per heavy atom. The summed E-state index contributed by atoms with van der Waals surface area (Å²) in [5, 5.41) is 3.40. The van der Waals surface area contributed by atoms with Gasteiger partial charge in [-0.2, -0.15) is 0 Å². The largest absolute Gasteiger partial charge is 0.497 e. The Kier molecular flexibility index (Phi) is 5.89. The lowest BCUT2D eigenvalue weighted by atomic mass is 10.00. The van der Waals surface area contributed by atoms with Gasteiger partial charge >= 0.3 is 0 Å². The molecule has 2 aromatic heterocycles. The van der Waals surface area contributed by atoms with E-state index in [0.29, 0.717) is 11.8 Å². The van der Waals surface area contributed by atoms with Gasteiger partial charge in [0, 0.05) is 21.5 Å². The van der Waals surface area contributed by atoms with E-state index in [2.05, 4.69) is 69.2 Å². The summed E-state index contributed by atoms with van der Waals surface area (Å²) in [5.41, 5.74) is 3.84. The number of hydrogen-bond acceptors (Lipinski definition) is 2. The van der Waals surface area contributed by atoms with Crippen LogP contribution in [0.25, 0.3) is 10.9 Å². The van der Waals surface area contributed by atoms with Crippen molar-refractivity contribution < 1.29 is 4.74 Å². The second-order valence-electron chi connectivity index (χ2n) is 6.40. The van der Waals surface area contributed by atoms with Crippen LogP contribution in [0.4, 0.5) is 0 Å². The van der Waals surface area contributed by atoms with E-state index < -0.39 is 0 Å². The Balaban J connectivity index is 0.000000203. The van der Waals surface area contributed by atoms with Crippen molar-refractivity contribution in [1.29, 1.82) is 0 Å². The molecule has 0 fully saturated rings. The molecule has 3 aromatic rings. The van der Waals surface area contributed by atoms with E-state index in [1.165, 1.54) is 27.0 Å². The maximum atomic E-state index is 5.25. The van der Waals surface area contributed by atoms with Crippen LogP contribution in [0.5, 0.6) is 5.75 Å². The average Bonchev–Trinajstić information content (AvgIpc) is 3.13. The summed E-state index contributed by atoms with van der Waals surface area (Å²) in [5.74, 6) is 2.16. The van der Waals surface area contributed by atoms with Crippen LogP contribution >= 0.6 is 11.3 Å². The van der Waals surface area contributed by atoms with Gasteiger partial charge in [-0.25, -0.2) is 0 Å². The molecule has 1 aromatic carbocycles. The van der Waals surface area contributed by atoms with Gasteiger partial charge in [0.25, 0.3) is 0 Å². The minimum Gasteiger partial charge on any atom is -0.497 e. The first-order valence-corrected chi connectivity index (χ1v) is 9.01. The fraction of sp³-hybridized carbons (Fsp3) is 0.400. The molecule has 0 spiro atoms. The average molecular weight is 330 g/mol. The van der Waals surface area contributed by atoms with Crippen LogP contribution in [0.2, 0.25) is 0 Å². The van der Waals surface area contributed by atoms with E-state index in [1.54, 1.807) is 7.11 Å². The highest BCUT2D eigenvalue weighted by molar-refractivity contribution is 7.10. The first-order chi connectivity index (χ1) is 10.9. The van der Waals surface area contributed by atoms with Crippen LogP contribution in [0.3, 0.4) is 0 Å². The molecule has 0 unspecified atom stereocenters. The van der Waals surface area contributed by atoms with Crippen LogP contribution in [-0.2, 0) is 0 Å². The summed E-state index contributed by atoms with van der Waals surface area (Å²) in [6.45, 7) is 11.0. The minimum absolute atomic E-state index is 0.533. The Hall–Kier alpha value is -1.74. The molecule has 2 nitrogen and oxygen atoms in total. The van der Waals surface area contributed by atoms with Crippen molar-refractivity contribution in [2.75, 3.05) is 7.11 Å². The van der Waals surface area contributed by atoms with Crippen molar-refractivity contribution >= 4 is 22.2 Å². The summed E-state index contributed by atoms with van der Waals surface area (Å²) in [6.07, 6.45) is 0. The lowest BCUT2D eigenvalue weighted by Crippen LogP contribution is -1.88. The summed E-state index contributed by atoms with van der Waals surface area (Å²) in [7, 11) is 1.70. The van der Waals surface area contributed by atoms with E-state index in [0.717, 1.165) is 5.75 Å². The van der Waals surface area contributed by atoms with Crippen molar-refractivity contribution in [3.63, 3.8) is 0 Å². The lowest BCUT2D eigenvalue weighted by Gasteiger charge is -2.05. The van der Waals surface area contributed by atoms with Gasteiger partial charge in [-0.3, -0.25) is 0 Å². The second kappa shape index (κ2) is 7.69. The molecule has 0 atom stereocenters. The Labute approximate surface area is 143 Å². The summed E-state index contributed by atoms with van der Waals surface area (Å²) < 4.78 is 5.25. The molecule has 0 amide bonds. The zero-order chi connectivity index (χ0) is 17.0. The van der Waals surface area contributed by atoms with Gasteiger partial charge in [0.05, 0.1) is 7.11 Å². The number of H-pyrrole nitrogens is 1. The van der Waals surface area contributed by atoms with Gasteiger partial charge in [0.15, 0.2) is 0 Å². The number of methoxy groups -OCH3 is 1. The van der Waals surface area contributed by atoms with Crippen molar-refractivity contribution in [3.05, 3.63) is 51.8 Å². The Morgan fingerprint density at radius 1 is 1.04 bits per heavy atom. The van der Waals surface area contributed by atoms with E-state index in [9.17, 15) is 0 Å². The smallest absolute Gasteiger partial charge is 0.119 e. The van der Waals surface area contributed by atoms with Gasteiger partial charge in [-0.15, -0.1) is 11.3 Å².